The van der Waals surface area contributed by atoms with Crippen LogP contribution in [0.3, 0.4) is 0 Å². The normalized spacial score (nSPS) is 15.5. The summed E-state index contributed by atoms with van der Waals surface area (Å²) in [4.78, 5) is 27.9. The third-order valence-corrected chi connectivity index (χ3v) is 7.20. The maximum Gasteiger partial charge on any atom is 0.225 e. The molecule has 4 aromatic rings. The number of fused-ring (bicyclic) bond motifs is 1. The third kappa shape index (κ3) is 4.63. The van der Waals surface area contributed by atoms with Crippen molar-refractivity contribution < 1.29 is 9.90 Å². The number of hydrogen-bond acceptors (Lipinski definition) is 7. The topological polar surface area (TPSA) is 123 Å². The van der Waals surface area contributed by atoms with Crippen LogP contribution in [0.4, 0.5) is 5.82 Å². The first-order chi connectivity index (χ1) is 16.9. The predicted molar refractivity (Wildman–Crippen MR) is 136 cm³/mol. The van der Waals surface area contributed by atoms with Crippen molar-refractivity contribution in [2.45, 2.75) is 38.2 Å². The molecule has 35 heavy (non-hydrogen) atoms. The third-order valence-electron chi connectivity index (χ3n) is 6.38. The van der Waals surface area contributed by atoms with E-state index in [9.17, 15) is 9.90 Å². The summed E-state index contributed by atoms with van der Waals surface area (Å²) in [7, 11) is 0. The summed E-state index contributed by atoms with van der Waals surface area (Å²) in [6, 6.07) is 7.81. The van der Waals surface area contributed by atoms with Gasteiger partial charge in [-0.15, -0.1) is 0 Å². The molecule has 1 aliphatic heterocycles. The van der Waals surface area contributed by atoms with Crippen LogP contribution in [0.2, 0.25) is 0 Å². The first-order valence-electron chi connectivity index (χ1n) is 11.6. The summed E-state index contributed by atoms with van der Waals surface area (Å²) >= 11 is 3.63. The second-order valence-corrected chi connectivity index (χ2v) is 9.66. The number of nitrogens with two attached hydrogens (primary N) is 1. The predicted octanol–water partition coefficient (Wildman–Crippen LogP) is 3.67. The van der Waals surface area contributed by atoms with Gasteiger partial charge in [-0.2, -0.15) is 9.61 Å². The van der Waals surface area contributed by atoms with Crippen molar-refractivity contribution in [3.05, 3.63) is 59.2 Å². The van der Waals surface area contributed by atoms with Crippen LogP contribution < -0.4 is 5.73 Å². The van der Waals surface area contributed by atoms with Crippen LogP contribution in [0, 0.1) is 0 Å². The average molecular weight is 536 g/mol. The number of nitrogen functional groups attached to an aromatic ring is 1. The molecule has 1 aliphatic rings. The summed E-state index contributed by atoms with van der Waals surface area (Å²) in [5, 5.41) is 14.0. The molecule has 0 aromatic carbocycles. The van der Waals surface area contributed by atoms with Gasteiger partial charge in [0, 0.05) is 54.3 Å². The zero-order chi connectivity index (χ0) is 24.5. The van der Waals surface area contributed by atoms with E-state index in [4.69, 9.17) is 10.7 Å². The van der Waals surface area contributed by atoms with Crippen molar-refractivity contribution in [2.24, 2.45) is 0 Å². The molecule has 9 nitrogen and oxygen atoms in total. The van der Waals surface area contributed by atoms with E-state index in [2.05, 4.69) is 31.0 Å². The van der Waals surface area contributed by atoms with Gasteiger partial charge in [-0.25, -0.2) is 4.98 Å². The molecule has 0 spiro atoms. The van der Waals surface area contributed by atoms with Crippen molar-refractivity contribution in [1.82, 2.24) is 29.5 Å². The number of carbonyl (C=O) groups excluding carboxylic acids is 1. The lowest BCUT2D eigenvalue weighted by atomic mass is 9.92. The SMILES string of the molecule is CC(O)CC(=O)N1CCC(c2nc3c(-c4ccc(-c5cccnc5)nc4)cnn3c(N)c2Br)CC1. The van der Waals surface area contributed by atoms with Gasteiger partial charge in [0.25, 0.3) is 0 Å². The van der Waals surface area contributed by atoms with Crippen LogP contribution in [0.15, 0.2) is 53.5 Å². The van der Waals surface area contributed by atoms with Crippen LogP contribution in [0.1, 0.15) is 37.8 Å². The van der Waals surface area contributed by atoms with Crippen LogP contribution in [0.5, 0.6) is 0 Å². The quantitative estimate of drug-likeness (QED) is 0.399. The summed E-state index contributed by atoms with van der Waals surface area (Å²) in [6.07, 6.45) is 8.16. The minimum atomic E-state index is -0.633. The Labute approximate surface area is 211 Å². The monoisotopic (exact) mass is 535 g/mol. The maximum absolute atomic E-state index is 12.3. The highest BCUT2D eigenvalue weighted by molar-refractivity contribution is 9.10. The number of aromatic nitrogens is 5. The Hall–Kier alpha value is -3.37. The molecular weight excluding hydrogens is 510 g/mol. The molecule has 0 aliphatic carbocycles. The van der Waals surface area contributed by atoms with Gasteiger partial charge in [-0.05, 0) is 53.9 Å². The van der Waals surface area contributed by atoms with E-state index in [1.54, 1.807) is 30.0 Å². The van der Waals surface area contributed by atoms with E-state index >= 15 is 0 Å². The van der Waals surface area contributed by atoms with Gasteiger partial charge in [0.15, 0.2) is 5.65 Å². The Morgan fingerprint density at radius 1 is 1.20 bits per heavy atom. The Bertz CT molecular complexity index is 1350. The zero-order valence-electron chi connectivity index (χ0n) is 19.3. The number of carbonyl (C=O) groups is 1. The number of aliphatic hydroxyl groups is 1. The zero-order valence-corrected chi connectivity index (χ0v) is 20.9. The van der Waals surface area contributed by atoms with E-state index in [-0.39, 0.29) is 18.2 Å². The number of hydrogen-bond donors (Lipinski definition) is 2. The molecular formula is C25H26BrN7O2. The second-order valence-electron chi connectivity index (χ2n) is 8.87. The van der Waals surface area contributed by atoms with E-state index < -0.39 is 6.10 Å². The first-order valence-corrected chi connectivity index (χ1v) is 12.4. The van der Waals surface area contributed by atoms with E-state index in [1.807, 2.05) is 35.4 Å². The van der Waals surface area contributed by atoms with Crippen LogP contribution in [-0.4, -0.2) is 59.7 Å². The summed E-state index contributed by atoms with van der Waals surface area (Å²) in [6.45, 7) is 2.89. The molecule has 5 rings (SSSR count). The number of rotatable bonds is 5. The Morgan fingerprint density at radius 3 is 2.66 bits per heavy atom. The van der Waals surface area contributed by atoms with E-state index in [0.29, 0.717) is 24.6 Å². The Morgan fingerprint density at radius 2 is 2.00 bits per heavy atom. The minimum absolute atomic E-state index is 0.0132. The molecule has 3 N–H and O–H groups in total. The van der Waals surface area contributed by atoms with Gasteiger partial charge in [-0.1, -0.05) is 6.07 Å². The number of aliphatic hydroxyl groups excluding tert-OH is 1. The fourth-order valence-electron chi connectivity index (χ4n) is 4.51. The number of pyridine rings is 2. The highest BCUT2D eigenvalue weighted by Gasteiger charge is 2.28. The number of piperidine rings is 1. The first kappa shape index (κ1) is 23.4. The fourth-order valence-corrected chi connectivity index (χ4v) is 5.09. The standard InChI is InChI=1S/C25H26BrN7O2/c1-15(34)11-21(35)32-9-6-16(7-10-32)23-22(26)24(27)33-25(31-23)19(14-30-33)17-4-5-20(29-13-17)18-3-2-8-28-12-18/h2-5,8,12-16,34H,6-7,9-11,27H2,1H3. The Balaban J connectivity index is 1.43. The molecule has 0 saturated carbocycles. The molecule has 1 fully saturated rings. The second kappa shape index (κ2) is 9.71. The summed E-state index contributed by atoms with van der Waals surface area (Å²) < 4.78 is 2.37. The number of likely N-dealkylation sites (tertiary alicyclic amines) is 1. The average Bonchev–Trinajstić information content (AvgIpc) is 3.31. The minimum Gasteiger partial charge on any atom is -0.393 e. The molecule has 0 bridgehead atoms. The lowest BCUT2D eigenvalue weighted by molar-refractivity contribution is -0.134. The smallest absolute Gasteiger partial charge is 0.225 e. The molecule has 1 atom stereocenters. The van der Waals surface area contributed by atoms with E-state index in [1.165, 1.54) is 0 Å². The lowest BCUT2D eigenvalue weighted by Crippen LogP contribution is -2.39. The number of anilines is 1. The largest absolute Gasteiger partial charge is 0.393 e. The number of nitrogens with zero attached hydrogens (tertiary/aromatic N) is 6. The van der Waals surface area contributed by atoms with Gasteiger partial charge < -0.3 is 15.7 Å². The van der Waals surface area contributed by atoms with Crippen molar-refractivity contribution in [1.29, 1.82) is 0 Å². The van der Waals surface area contributed by atoms with Gasteiger partial charge in [0.2, 0.25) is 5.91 Å². The van der Waals surface area contributed by atoms with Crippen molar-refractivity contribution in [2.75, 3.05) is 18.8 Å². The van der Waals surface area contributed by atoms with Crippen molar-refractivity contribution >= 4 is 33.3 Å². The van der Waals surface area contributed by atoms with Crippen LogP contribution in [0.25, 0.3) is 28.0 Å². The molecule has 1 saturated heterocycles. The van der Waals surface area contributed by atoms with Crippen LogP contribution >= 0.6 is 15.9 Å². The van der Waals surface area contributed by atoms with Gasteiger partial charge >= 0.3 is 0 Å². The van der Waals surface area contributed by atoms with Crippen molar-refractivity contribution in [3.63, 3.8) is 0 Å². The van der Waals surface area contributed by atoms with Gasteiger partial charge in [0.1, 0.15) is 5.82 Å². The number of amides is 1. The summed E-state index contributed by atoms with van der Waals surface area (Å²) in [5.74, 6) is 0.630. The fraction of sp³-hybridized carbons (Fsp3) is 0.320. The molecule has 1 amide bonds. The highest BCUT2D eigenvalue weighted by atomic mass is 79.9. The molecule has 4 aromatic heterocycles. The summed E-state index contributed by atoms with van der Waals surface area (Å²) in [5.41, 5.74) is 11.5. The Kier molecular flexibility index (Phi) is 6.48. The molecule has 10 heteroatoms. The molecule has 180 valence electrons. The number of halogens is 1. The maximum atomic E-state index is 12.3. The van der Waals surface area contributed by atoms with Crippen LogP contribution in [-0.2, 0) is 4.79 Å². The molecule has 0 radical (unpaired) electrons. The molecule has 1 unspecified atom stereocenters. The van der Waals surface area contributed by atoms with E-state index in [0.717, 1.165) is 45.4 Å². The molecule has 5 heterocycles. The lowest BCUT2D eigenvalue weighted by Gasteiger charge is -2.32. The van der Waals surface area contributed by atoms with Gasteiger partial charge in [-0.3, -0.25) is 14.8 Å². The van der Waals surface area contributed by atoms with Gasteiger partial charge in [0.05, 0.1) is 34.6 Å². The van der Waals surface area contributed by atoms with Crippen molar-refractivity contribution in [3.8, 4) is 22.4 Å². The highest BCUT2D eigenvalue weighted by Crippen LogP contribution is 2.37.